The van der Waals surface area contributed by atoms with Crippen molar-refractivity contribution in [2.45, 2.75) is 32.1 Å². The third-order valence-electron chi connectivity index (χ3n) is 6.49. The summed E-state index contributed by atoms with van der Waals surface area (Å²) in [5.41, 5.74) is 0.611. The molecule has 168 valence electrons. The van der Waals surface area contributed by atoms with Crippen molar-refractivity contribution in [1.29, 1.82) is 0 Å². The fourth-order valence-electron chi connectivity index (χ4n) is 4.38. The van der Waals surface area contributed by atoms with E-state index in [2.05, 4.69) is 10.3 Å². The van der Waals surface area contributed by atoms with Gasteiger partial charge in [0.1, 0.15) is 0 Å². The van der Waals surface area contributed by atoms with E-state index in [1.807, 2.05) is 17.5 Å². The fraction of sp³-hybridized carbons (Fsp3) is 0.500. The van der Waals surface area contributed by atoms with Crippen LogP contribution in [0.4, 0.5) is 5.13 Å². The van der Waals surface area contributed by atoms with Crippen molar-refractivity contribution >= 4 is 51.3 Å². The summed E-state index contributed by atoms with van der Waals surface area (Å²) in [7, 11) is 0. The number of Topliss-reactive ketones (excluding diaryl/α,β-unsaturated/α-hetero) is 1. The summed E-state index contributed by atoms with van der Waals surface area (Å²) in [4.78, 5) is 59.8. The number of amides is 3. The summed E-state index contributed by atoms with van der Waals surface area (Å²) in [5.74, 6) is -0.558. The lowest BCUT2D eigenvalue weighted by molar-refractivity contribution is -0.137. The lowest BCUT2D eigenvalue weighted by Crippen LogP contribution is -2.52. The number of nitrogens with zero attached hydrogens (tertiary/aromatic N) is 3. The SMILES string of the molecule is O=C1C[C@H](C(=O)N2CCN(C(=O)c3cccs3)CC2)Cc2nc(NC(=O)C3CCC3)sc21. The van der Waals surface area contributed by atoms with Gasteiger partial charge >= 0.3 is 0 Å². The number of hydrogen-bond donors (Lipinski definition) is 1. The summed E-state index contributed by atoms with van der Waals surface area (Å²) < 4.78 is 0. The summed E-state index contributed by atoms with van der Waals surface area (Å²) in [6.45, 7) is 1.91. The number of anilines is 1. The minimum absolute atomic E-state index is 0.00327. The number of thiazole rings is 1. The third-order valence-corrected chi connectivity index (χ3v) is 8.40. The number of nitrogens with one attached hydrogen (secondary N) is 1. The zero-order chi connectivity index (χ0) is 22.2. The van der Waals surface area contributed by atoms with Gasteiger partial charge in [-0.1, -0.05) is 23.8 Å². The number of aromatic nitrogens is 1. The van der Waals surface area contributed by atoms with Gasteiger partial charge in [-0.2, -0.15) is 0 Å². The molecule has 0 radical (unpaired) electrons. The molecule has 2 aliphatic carbocycles. The Morgan fingerprint density at radius 1 is 1.03 bits per heavy atom. The average molecular weight is 473 g/mol. The van der Waals surface area contributed by atoms with Crippen LogP contribution >= 0.6 is 22.7 Å². The van der Waals surface area contributed by atoms with E-state index in [1.54, 1.807) is 9.80 Å². The first kappa shape index (κ1) is 21.3. The smallest absolute Gasteiger partial charge is 0.264 e. The lowest BCUT2D eigenvalue weighted by atomic mass is 9.85. The van der Waals surface area contributed by atoms with Crippen LogP contribution in [0.1, 0.15) is 50.7 Å². The number of piperazine rings is 1. The van der Waals surface area contributed by atoms with Crippen molar-refractivity contribution in [2.75, 3.05) is 31.5 Å². The van der Waals surface area contributed by atoms with Gasteiger partial charge in [-0.15, -0.1) is 11.3 Å². The highest BCUT2D eigenvalue weighted by Crippen LogP contribution is 2.34. The van der Waals surface area contributed by atoms with Gasteiger partial charge in [-0.3, -0.25) is 19.2 Å². The van der Waals surface area contributed by atoms with Gasteiger partial charge in [0, 0.05) is 44.9 Å². The van der Waals surface area contributed by atoms with Crippen molar-refractivity contribution in [3.8, 4) is 0 Å². The Hall–Kier alpha value is -2.59. The van der Waals surface area contributed by atoms with E-state index in [9.17, 15) is 19.2 Å². The Morgan fingerprint density at radius 2 is 1.78 bits per heavy atom. The van der Waals surface area contributed by atoms with Gasteiger partial charge in [0.15, 0.2) is 10.9 Å². The zero-order valence-corrected chi connectivity index (χ0v) is 19.2. The monoisotopic (exact) mass is 472 g/mol. The summed E-state index contributed by atoms with van der Waals surface area (Å²) in [5, 5.41) is 5.17. The summed E-state index contributed by atoms with van der Waals surface area (Å²) >= 11 is 2.63. The zero-order valence-electron chi connectivity index (χ0n) is 17.5. The molecule has 2 fully saturated rings. The van der Waals surface area contributed by atoms with Gasteiger partial charge < -0.3 is 15.1 Å². The van der Waals surface area contributed by atoms with E-state index in [1.165, 1.54) is 22.7 Å². The Bertz CT molecular complexity index is 1050. The molecule has 1 saturated carbocycles. The predicted molar refractivity (Wildman–Crippen MR) is 121 cm³/mol. The molecule has 0 unspecified atom stereocenters. The van der Waals surface area contributed by atoms with Crippen LogP contribution in [0.5, 0.6) is 0 Å². The van der Waals surface area contributed by atoms with Crippen molar-refractivity contribution in [1.82, 2.24) is 14.8 Å². The lowest BCUT2D eigenvalue weighted by Gasteiger charge is -2.36. The van der Waals surface area contributed by atoms with Gasteiger partial charge in [-0.25, -0.2) is 4.98 Å². The number of hydrogen-bond acceptors (Lipinski definition) is 7. The van der Waals surface area contributed by atoms with Crippen LogP contribution in [0.3, 0.4) is 0 Å². The molecule has 0 spiro atoms. The number of fused-ring (bicyclic) bond motifs is 1. The van der Waals surface area contributed by atoms with Crippen LogP contribution in [0.15, 0.2) is 17.5 Å². The standard InChI is InChI=1S/C22H24N4O4S2/c27-16-12-14(11-15-18(16)32-22(23-15)24-19(28)13-3-1-4-13)20(29)25-6-8-26(9-7-25)21(30)17-5-2-10-31-17/h2,5,10,13-14H,1,3-4,6-9,11-12H2,(H,23,24,28)/t14-/m1/s1. The molecule has 10 heteroatoms. The molecule has 3 aliphatic rings. The van der Waals surface area contributed by atoms with Crippen LogP contribution in [0, 0.1) is 11.8 Å². The van der Waals surface area contributed by atoms with Crippen LogP contribution in [-0.4, -0.2) is 64.5 Å². The predicted octanol–water partition coefficient (Wildman–Crippen LogP) is 2.67. The number of thiophene rings is 1. The van der Waals surface area contributed by atoms with Gasteiger partial charge in [0.2, 0.25) is 11.8 Å². The molecule has 2 aromatic rings. The first-order chi connectivity index (χ1) is 15.5. The fourth-order valence-corrected chi connectivity index (χ4v) is 6.02. The molecule has 32 heavy (non-hydrogen) atoms. The van der Waals surface area contributed by atoms with Crippen molar-refractivity contribution < 1.29 is 19.2 Å². The highest BCUT2D eigenvalue weighted by atomic mass is 32.1. The normalized spacial score (nSPS) is 21.1. The van der Waals surface area contributed by atoms with Crippen molar-refractivity contribution in [3.63, 3.8) is 0 Å². The second-order valence-corrected chi connectivity index (χ2v) is 10.5. The summed E-state index contributed by atoms with van der Waals surface area (Å²) in [6.07, 6.45) is 3.45. The largest absolute Gasteiger partial charge is 0.339 e. The Morgan fingerprint density at radius 3 is 2.44 bits per heavy atom. The molecular formula is C22H24N4O4S2. The van der Waals surface area contributed by atoms with Gasteiger partial charge in [-0.05, 0) is 24.3 Å². The molecule has 0 bridgehead atoms. The maximum absolute atomic E-state index is 13.1. The molecule has 5 rings (SSSR count). The minimum atomic E-state index is -0.438. The van der Waals surface area contributed by atoms with Crippen LogP contribution in [-0.2, 0) is 16.0 Å². The van der Waals surface area contributed by atoms with Gasteiger partial charge in [0.05, 0.1) is 21.4 Å². The molecule has 3 amide bonds. The van der Waals surface area contributed by atoms with E-state index in [0.29, 0.717) is 53.2 Å². The third kappa shape index (κ3) is 4.09. The maximum atomic E-state index is 13.1. The Labute approximate surface area is 193 Å². The molecule has 3 heterocycles. The molecule has 1 saturated heterocycles. The van der Waals surface area contributed by atoms with Crippen molar-refractivity contribution in [2.24, 2.45) is 11.8 Å². The Balaban J connectivity index is 1.19. The highest BCUT2D eigenvalue weighted by molar-refractivity contribution is 7.17. The molecule has 8 nitrogen and oxygen atoms in total. The number of rotatable bonds is 4. The van der Waals surface area contributed by atoms with Crippen LogP contribution < -0.4 is 5.32 Å². The second-order valence-electron chi connectivity index (χ2n) is 8.54. The van der Waals surface area contributed by atoms with Crippen LogP contribution in [0.25, 0.3) is 0 Å². The molecule has 0 aromatic carbocycles. The molecule has 2 aromatic heterocycles. The van der Waals surface area contributed by atoms with E-state index >= 15 is 0 Å². The minimum Gasteiger partial charge on any atom is -0.339 e. The van der Waals surface area contributed by atoms with Crippen LogP contribution in [0.2, 0.25) is 0 Å². The Kier molecular flexibility index (Phi) is 5.81. The second kappa shape index (κ2) is 8.74. The van der Waals surface area contributed by atoms with Gasteiger partial charge in [0.25, 0.3) is 5.91 Å². The average Bonchev–Trinajstić information content (AvgIpc) is 3.41. The number of ketones is 1. The first-order valence-corrected chi connectivity index (χ1v) is 12.6. The van der Waals surface area contributed by atoms with E-state index in [-0.39, 0.29) is 35.8 Å². The van der Waals surface area contributed by atoms with E-state index in [0.717, 1.165) is 19.3 Å². The maximum Gasteiger partial charge on any atom is 0.264 e. The van der Waals surface area contributed by atoms with E-state index in [4.69, 9.17) is 0 Å². The highest BCUT2D eigenvalue weighted by Gasteiger charge is 2.37. The molecule has 1 aliphatic heterocycles. The number of carbonyl (C=O) groups is 4. The topological polar surface area (TPSA) is 99.7 Å². The first-order valence-electron chi connectivity index (χ1n) is 10.9. The quantitative estimate of drug-likeness (QED) is 0.738. The molecule has 1 N–H and O–H groups in total. The molecule has 1 atom stereocenters. The van der Waals surface area contributed by atoms with E-state index < -0.39 is 5.92 Å². The molecular weight excluding hydrogens is 448 g/mol. The van der Waals surface area contributed by atoms with Crippen molar-refractivity contribution in [3.05, 3.63) is 33.0 Å². The summed E-state index contributed by atoms with van der Waals surface area (Å²) in [6, 6.07) is 3.67. The number of carbonyl (C=O) groups excluding carboxylic acids is 4.